The minimum atomic E-state index is -2.25. The Kier molecular flexibility index (Phi) is 5.53. The molecule has 2 bridgehead atoms. The molecule has 3 fully saturated rings. The molecule has 3 atom stereocenters. The molecular formula is C20H33N5O6Si. The van der Waals surface area contributed by atoms with E-state index in [-0.39, 0.29) is 29.0 Å². The second-order valence-electron chi connectivity index (χ2n) is 10.6. The van der Waals surface area contributed by atoms with Crippen LogP contribution in [0.5, 0.6) is 0 Å². The Bertz CT molecular complexity index is 895. The SMILES string of the molecule is CNC(=O)OCC(O[Si](C)(C)C(C)(C)C)c1nnc([C@@H]2CC3(CC3)[C@@H]3CN2C(=O)N3O)o1. The predicted molar refractivity (Wildman–Crippen MR) is 114 cm³/mol. The lowest BCUT2D eigenvalue weighted by Gasteiger charge is -2.38. The number of hydroxylamine groups is 2. The Balaban J connectivity index is 1.58. The molecule has 12 heteroatoms. The number of alkyl carbamates (subject to hydrolysis) is 1. The fourth-order valence-electron chi connectivity index (χ4n) is 4.29. The van der Waals surface area contributed by atoms with Crippen molar-refractivity contribution >= 4 is 20.4 Å². The summed E-state index contributed by atoms with van der Waals surface area (Å²) < 4.78 is 17.7. The van der Waals surface area contributed by atoms with Crippen molar-refractivity contribution in [2.75, 3.05) is 20.2 Å². The summed E-state index contributed by atoms with van der Waals surface area (Å²) in [4.78, 5) is 25.8. The van der Waals surface area contributed by atoms with Crippen molar-refractivity contribution in [2.24, 2.45) is 5.41 Å². The van der Waals surface area contributed by atoms with Crippen LogP contribution in [0.4, 0.5) is 9.59 Å². The van der Waals surface area contributed by atoms with Gasteiger partial charge in [0.25, 0.3) is 0 Å². The van der Waals surface area contributed by atoms with E-state index in [0.717, 1.165) is 17.9 Å². The summed E-state index contributed by atoms with van der Waals surface area (Å²) in [6, 6.07) is -1.00. The summed E-state index contributed by atoms with van der Waals surface area (Å²) in [5, 5.41) is 21.9. The summed E-state index contributed by atoms with van der Waals surface area (Å²) in [7, 11) is -0.769. The standard InChI is InChI=1S/C20H33N5O6Si/c1-19(2,3)32(5,6)31-13(11-29-17(26)21-4)16-23-22-15(30-16)12-9-20(7-8-20)14-10-24(12)18(27)25(14)28/h12-14,28H,7-11H2,1-6H3,(H,21,26)/t12-,13?,14-/m0/s1. The van der Waals surface area contributed by atoms with Gasteiger partial charge < -0.3 is 23.8 Å². The van der Waals surface area contributed by atoms with Crippen molar-refractivity contribution in [3.63, 3.8) is 0 Å². The van der Waals surface area contributed by atoms with Gasteiger partial charge in [-0.05, 0) is 42.8 Å². The number of amides is 3. The Labute approximate surface area is 188 Å². The number of piperidine rings is 1. The molecule has 2 aliphatic heterocycles. The van der Waals surface area contributed by atoms with Gasteiger partial charge in [0.15, 0.2) is 14.4 Å². The highest BCUT2D eigenvalue weighted by Gasteiger charge is 2.63. The van der Waals surface area contributed by atoms with Crippen LogP contribution in [-0.4, -0.2) is 72.1 Å². The van der Waals surface area contributed by atoms with Gasteiger partial charge in [-0.15, -0.1) is 10.2 Å². The van der Waals surface area contributed by atoms with Crippen LogP contribution in [0.3, 0.4) is 0 Å². The third-order valence-corrected chi connectivity index (χ3v) is 12.0. The zero-order valence-electron chi connectivity index (χ0n) is 19.5. The van der Waals surface area contributed by atoms with E-state index in [2.05, 4.69) is 49.4 Å². The Hall–Kier alpha value is -2.18. The third kappa shape index (κ3) is 3.88. The third-order valence-electron chi connectivity index (χ3n) is 7.51. The molecule has 1 aliphatic carbocycles. The van der Waals surface area contributed by atoms with Crippen LogP contribution in [-0.2, 0) is 9.16 Å². The number of hydrogen-bond acceptors (Lipinski definition) is 8. The molecule has 11 nitrogen and oxygen atoms in total. The summed E-state index contributed by atoms with van der Waals surface area (Å²) >= 11 is 0. The second-order valence-corrected chi connectivity index (χ2v) is 15.3. The van der Waals surface area contributed by atoms with Gasteiger partial charge in [-0.3, -0.25) is 5.21 Å². The zero-order valence-corrected chi connectivity index (χ0v) is 20.5. The van der Waals surface area contributed by atoms with Gasteiger partial charge in [0.2, 0.25) is 11.8 Å². The average molecular weight is 468 g/mol. The topological polar surface area (TPSA) is 130 Å². The molecule has 1 unspecified atom stereocenters. The number of carbonyl (C=O) groups excluding carboxylic acids is 2. The minimum Gasteiger partial charge on any atom is -0.446 e. The molecule has 3 aliphatic rings. The Morgan fingerprint density at radius 1 is 1.38 bits per heavy atom. The average Bonchev–Trinajstić information content (AvgIpc) is 3.21. The quantitative estimate of drug-likeness (QED) is 0.482. The maximum Gasteiger partial charge on any atom is 0.406 e. The molecule has 178 valence electrons. The van der Waals surface area contributed by atoms with E-state index in [9.17, 15) is 14.8 Å². The summed E-state index contributed by atoms with van der Waals surface area (Å²) in [6.07, 6.45) is 1.30. The number of rotatable bonds is 6. The number of nitrogens with zero attached hydrogens (tertiary/aromatic N) is 4. The highest BCUT2D eigenvalue weighted by molar-refractivity contribution is 6.74. The molecule has 1 aromatic rings. The zero-order chi connectivity index (χ0) is 23.5. The molecular weight excluding hydrogens is 434 g/mol. The van der Waals surface area contributed by atoms with Gasteiger partial charge in [0, 0.05) is 13.6 Å². The lowest BCUT2D eigenvalue weighted by atomic mass is 9.85. The van der Waals surface area contributed by atoms with Crippen LogP contribution in [0, 0.1) is 5.41 Å². The lowest BCUT2D eigenvalue weighted by Crippen LogP contribution is -2.43. The number of carbonyl (C=O) groups is 2. The van der Waals surface area contributed by atoms with Crippen LogP contribution >= 0.6 is 0 Å². The molecule has 2 N–H and O–H groups in total. The van der Waals surface area contributed by atoms with Crippen molar-refractivity contribution < 1.29 is 28.4 Å². The van der Waals surface area contributed by atoms with Crippen LogP contribution in [0.25, 0.3) is 0 Å². The number of fused-ring (bicyclic) bond motifs is 3. The van der Waals surface area contributed by atoms with Crippen LogP contribution < -0.4 is 5.32 Å². The molecule has 3 heterocycles. The van der Waals surface area contributed by atoms with Crippen molar-refractivity contribution in [2.45, 2.75) is 76.4 Å². The molecule has 0 aromatic carbocycles. The number of hydrogen-bond donors (Lipinski definition) is 2. The lowest BCUT2D eigenvalue weighted by molar-refractivity contribution is -0.0783. The molecule has 32 heavy (non-hydrogen) atoms. The molecule has 3 amide bonds. The Morgan fingerprint density at radius 2 is 2.06 bits per heavy atom. The van der Waals surface area contributed by atoms with Crippen molar-refractivity contribution in [1.82, 2.24) is 25.5 Å². The first-order valence-electron chi connectivity index (χ1n) is 11.0. The first-order valence-corrected chi connectivity index (χ1v) is 13.9. The molecule has 1 spiro atoms. The molecule has 4 rings (SSSR count). The maximum absolute atomic E-state index is 12.6. The largest absolute Gasteiger partial charge is 0.446 e. The van der Waals surface area contributed by atoms with Crippen LogP contribution in [0.15, 0.2) is 4.42 Å². The normalized spacial score (nSPS) is 25.3. The van der Waals surface area contributed by atoms with E-state index in [0.29, 0.717) is 18.9 Å². The number of nitrogens with one attached hydrogen (secondary N) is 1. The monoisotopic (exact) mass is 467 g/mol. The highest BCUT2D eigenvalue weighted by Crippen LogP contribution is 2.61. The smallest absolute Gasteiger partial charge is 0.406 e. The fraction of sp³-hybridized carbons (Fsp3) is 0.800. The van der Waals surface area contributed by atoms with Crippen LogP contribution in [0.2, 0.25) is 18.1 Å². The first-order chi connectivity index (χ1) is 14.9. The fourth-order valence-corrected chi connectivity index (χ4v) is 5.53. The second kappa shape index (κ2) is 7.70. The van der Waals surface area contributed by atoms with Gasteiger partial charge in [-0.25, -0.2) is 14.7 Å². The molecule has 1 saturated carbocycles. The molecule has 0 radical (unpaired) electrons. The maximum atomic E-state index is 12.6. The van der Waals surface area contributed by atoms with E-state index in [1.807, 2.05) is 0 Å². The summed E-state index contributed by atoms with van der Waals surface area (Å²) in [6.45, 7) is 10.9. The summed E-state index contributed by atoms with van der Waals surface area (Å²) in [5.74, 6) is 0.533. The predicted octanol–water partition coefficient (Wildman–Crippen LogP) is 3.21. The number of urea groups is 1. The van der Waals surface area contributed by atoms with Gasteiger partial charge >= 0.3 is 12.1 Å². The first kappa shape index (κ1) is 23.0. The van der Waals surface area contributed by atoms with Gasteiger partial charge in [-0.2, -0.15) is 0 Å². The van der Waals surface area contributed by atoms with Gasteiger partial charge in [-0.1, -0.05) is 20.8 Å². The van der Waals surface area contributed by atoms with E-state index < -0.39 is 32.6 Å². The molecule has 2 saturated heterocycles. The van der Waals surface area contributed by atoms with Crippen molar-refractivity contribution in [3.05, 3.63) is 11.8 Å². The van der Waals surface area contributed by atoms with Gasteiger partial charge in [0.05, 0.1) is 6.04 Å². The number of aromatic nitrogens is 2. The number of ether oxygens (including phenoxy) is 1. The molecule has 1 aromatic heterocycles. The van der Waals surface area contributed by atoms with Crippen LogP contribution in [0.1, 0.15) is 64.0 Å². The van der Waals surface area contributed by atoms with E-state index >= 15 is 0 Å². The van der Waals surface area contributed by atoms with E-state index in [1.54, 1.807) is 4.90 Å². The Morgan fingerprint density at radius 3 is 2.66 bits per heavy atom. The van der Waals surface area contributed by atoms with E-state index in [4.69, 9.17) is 13.6 Å². The van der Waals surface area contributed by atoms with E-state index in [1.165, 1.54) is 7.05 Å². The van der Waals surface area contributed by atoms with Crippen molar-refractivity contribution in [1.29, 1.82) is 0 Å². The summed E-state index contributed by atoms with van der Waals surface area (Å²) in [5.41, 5.74) is -0.0872. The van der Waals surface area contributed by atoms with Gasteiger partial charge in [0.1, 0.15) is 12.6 Å². The van der Waals surface area contributed by atoms with Crippen molar-refractivity contribution in [3.8, 4) is 0 Å². The minimum absolute atomic E-state index is 0.0719. The highest BCUT2D eigenvalue weighted by atomic mass is 28.4.